The van der Waals surface area contributed by atoms with Gasteiger partial charge in [0.1, 0.15) is 0 Å². The van der Waals surface area contributed by atoms with Crippen molar-refractivity contribution in [3.8, 4) is 0 Å². The number of anilines is 1. The van der Waals surface area contributed by atoms with Crippen molar-refractivity contribution in [2.24, 2.45) is 12.5 Å². The Morgan fingerprint density at radius 2 is 2.21 bits per heavy atom. The molecule has 1 atom stereocenters. The number of benzene rings is 1. The Balaban J connectivity index is 1.97. The van der Waals surface area contributed by atoms with Crippen LogP contribution in [0, 0.1) is 5.41 Å². The first kappa shape index (κ1) is 12.5. The second kappa shape index (κ2) is 4.27. The average Bonchev–Trinajstić information content (AvgIpc) is 2.83. The van der Waals surface area contributed by atoms with E-state index in [4.69, 9.17) is 11.6 Å². The number of nitrogens with zero attached hydrogens (tertiary/aromatic N) is 2. The molecule has 1 aromatic heterocycles. The van der Waals surface area contributed by atoms with Crippen LogP contribution >= 0.6 is 11.6 Å². The number of hydrogen-bond donors (Lipinski definition) is 1. The second-order valence-corrected chi connectivity index (χ2v) is 6.42. The highest BCUT2D eigenvalue weighted by molar-refractivity contribution is 6.30. The molecular formula is C15H18ClN3. The van der Waals surface area contributed by atoms with Gasteiger partial charge in [-0.1, -0.05) is 31.5 Å². The molecule has 3 rings (SSSR count). The topological polar surface area (TPSA) is 29.9 Å². The van der Waals surface area contributed by atoms with Gasteiger partial charge in [0.15, 0.2) is 0 Å². The summed E-state index contributed by atoms with van der Waals surface area (Å²) in [6.07, 6.45) is 4.93. The van der Waals surface area contributed by atoms with Crippen molar-refractivity contribution < 1.29 is 0 Å². The molecule has 1 N–H and O–H groups in total. The van der Waals surface area contributed by atoms with E-state index in [0.29, 0.717) is 0 Å². The van der Waals surface area contributed by atoms with E-state index in [1.165, 1.54) is 11.1 Å². The van der Waals surface area contributed by atoms with Gasteiger partial charge in [-0.15, -0.1) is 0 Å². The zero-order chi connectivity index (χ0) is 13.6. The predicted molar refractivity (Wildman–Crippen MR) is 78.5 cm³/mol. The smallest absolute Gasteiger partial charge is 0.0731 e. The SMILES string of the molecule is Cn1cc(NC2c3cc(Cl)ccc3CC2(C)C)cn1. The van der Waals surface area contributed by atoms with Crippen LogP contribution in [0.4, 0.5) is 5.69 Å². The summed E-state index contributed by atoms with van der Waals surface area (Å²) in [4.78, 5) is 0. The molecule has 0 saturated carbocycles. The van der Waals surface area contributed by atoms with E-state index in [1.807, 2.05) is 30.2 Å². The normalized spacial score (nSPS) is 20.3. The van der Waals surface area contributed by atoms with Crippen LogP contribution in [0.25, 0.3) is 0 Å². The highest BCUT2D eigenvalue weighted by Gasteiger charge is 2.39. The van der Waals surface area contributed by atoms with Crippen LogP contribution in [-0.2, 0) is 13.5 Å². The molecule has 0 bridgehead atoms. The van der Waals surface area contributed by atoms with E-state index in [9.17, 15) is 0 Å². The second-order valence-electron chi connectivity index (χ2n) is 5.99. The first-order valence-electron chi connectivity index (χ1n) is 6.49. The highest BCUT2D eigenvalue weighted by Crippen LogP contribution is 2.47. The third kappa shape index (κ3) is 2.23. The molecule has 19 heavy (non-hydrogen) atoms. The third-order valence-electron chi connectivity index (χ3n) is 3.86. The fourth-order valence-corrected chi connectivity index (χ4v) is 3.13. The molecule has 0 saturated heterocycles. The first-order chi connectivity index (χ1) is 8.95. The lowest BCUT2D eigenvalue weighted by atomic mass is 9.85. The molecule has 0 radical (unpaired) electrons. The molecule has 0 fully saturated rings. The summed E-state index contributed by atoms with van der Waals surface area (Å²) < 4.78 is 1.81. The summed E-state index contributed by atoms with van der Waals surface area (Å²) in [5.74, 6) is 0. The van der Waals surface area contributed by atoms with Crippen molar-refractivity contribution in [3.63, 3.8) is 0 Å². The molecule has 4 heteroatoms. The zero-order valence-electron chi connectivity index (χ0n) is 11.4. The largest absolute Gasteiger partial charge is 0.375 e. The quantitative estimate of drug-likeness (QED) is 0.903. The first-order valence-corrected chi connectivity index (χ1v) is 6.87. The minimum atomic E-state index is 0.170. The number of hydrogen-bond acceptors (Lipinski definition) is 2. The molecule has 1 aliphatic rings. The van der Waals surface area contributed by atoms with Crippen LogP contribution in [0.5, 0.6) is 0 Å². The number of fused-ring (bicyclic) bond motifs is 1. The Morgan fingerprint density at radius 1 is 1.42 bits per heavy atom. The van der Waals surface area contributed by atoms with E-state index in [2.05, 4.69) is 36.4 Å². The zero-order valence-corrected chi connectivity index (χ0v) is 12.2. The van der Waals surface area contributed by atoms with Crippen molar-refractivity contribution >= 4 is 17.3 Å². The lowest BCUT2D eigenvalue weighted by Gasteiger charge is -2.28. The standard InChI is InChI=1S/C15H18ClN3/c1-15(2)7-10-4-5-11(16)6-13(10)14(15)18-12-8-17-19(3)9-12/h4-6,8-9,14,18H,7H2,1-3H3. The number of halogens is 1. The maximum Gasteiger partial charge on any atom is 0.0731 e. The number of rotatable bonds is 2. The molecule has 1 unspecified atom stereocenters. The van der Waals surface area contributed by atoms with Crippen LogP contribution in [0.15, 0.2) is 30.6 Å². The van der Waals surface area contributed by atoms with E-state index < -0.39 is 0 Å². The minimum Gasteiger partial charge on any atom is -0.375 e. The third-order valence-corrected chi connectivity index (χ3v) is 4.10. The molecular weight excluding hydrogens is 258 g/mol. The maximum atomic E-state index is 6.14. The summed E-state index contributed by atoms with van der Waals surface area (Å²) >= 11 is 6.14. The van der Waals surface area contributed by atoms with Gasteiger partial charge in [-0.05, 0) is 35.1 Å². The van der Waals surface area contributed by atoms with Gasteiger partial charge in [0.05, 0.1) is 17.9 Å². The van der Waals surface area contributed by atoms with Gasteiger partial charge in [0.2, 0.25) is 0 Å². The van der Waals surface area contributed by atoms with E-state index >= 15 is 0 Å². The van der Waals surface area contributed by atoms with Crippen molar-refractivity contribution in [1.29, 1.82) is 0 Å². The van der Waals surface area contributed by atoms with Crippen LogP contribution in [-0.4, -0.2) is 9.78 Å². The Morgan fingerprint density at radius 3 is 2.89 bits per heavy atom. The molecule has 3 nitrogen and oxygen atoms in total. The van der Waals surface area contributed by atoms with Crippen molar-refractivity contribution in [2.75, 3.05) is 5.32 Å². The fraction of sp³-hybridized carbons (Fsp3) is 0.400. The van der Waals surface area contributed by atoms with E-state index in [0.717, 1.165) is 17.1 Å². The van der Waals surface area contributed by atoms with Gasteiger partial charge in [0, 0.05) is 18.3 Å². The summed E-state index contributed by atoms with van der Waals surface area (Å²) in [6, 6.07) is 6.47. The molecule has 1 aromatic carbocycles. The Bertz CT molecular complexity index is 616. The Hall–Kier alpha value is -1.48. The predicted octanol–water partition coefficient (Wildman–Crippen LogP) is 3.81. The van der Waals surface area contributed by atoms with Gasteiger partial charge >= 0.3 is 0 Å². The molecule has 0 spiro atoms. The summed E-state index contributed by atoms with van der Waals surface area (Å²) in [7, 11) is 1.93. The van der Waals surface area contributed by atoms with Crippen molar-refractivity contribution in [2.45, 2.75) is 26.3 Å². The van der Waals surface area contributed by atoms with Gasteiger partial charge in [0.25, 0.3) is 0 Å². The van der Waals surface area contributed by atoms with Crippen molar-refractivity contribution in [3.05, 3.63) is 46.7 Å². The Labute approximate surface area is 118 Å². The lowest BCUT2D eigenvalue weighted by Crippen LogP contribution is -2.24. The molecule has 0 amide bonds. The number of nitrogens with one attached hydrogen (secondary N) is 1. The fourth-order valence-electron chi connectivity index (χ4n) is 2.94. The van der Waals surface area contributed by atoms with Gasteiger partial charge in [-0.25, -0.2) is 0 Å². The summed E-state index contributed by atoms with van der Waals surface area (Å²) in [5.41, 5.74) is 3.91. The Kier molecular flexibility index (Phi) is 2.82. The van der Waals surface area contributed by atoms with Crippen LogP contribution in [0.2, 0.25) is 5.02 Å². The summed E-state index contributed by atoms with van der Waals surface area (Å²) in [5, 5.41) is 8.60. The van der Waals surface area contributed by atoms with Crippen LogP contribution < -0.4 is 5.32 Å². The molecule has 100 valence electrons. The number of aromatic nitrogens is 2. The minimum absolute atomic E-state index is 0.170. The average molecular weight is 276 g/mol. The lowest BCUT2D eigenvalue weighted by molar-refractivity contribution is 0.337. The van der Waals surface area contributed by atoms with Crippen LogP contribution in [0.3, 0.4) is 0 Å². The number of aryl methyl sites for hydroxylation is 1. The van der Waals surface area contributed by atoms with E-state index in [-0.39, 0.29) is 11.5 Å². The molecule has 0 aliphatic heterocycles. The molecule has 2 aromatic rings. The van der Waals surface area contributed by atoms with Gasteiger partial charge in [-0.2, -0.15) is 5.10 Å². The maximum absolute atomic E-state index is 6.14. The summed E-state index contributed by atoms with van der Waals surface area (Å²) in [6.45, 7) is 4.57. The monoisotopic (exact) mass is 275 g/mol. The van der Waals surface area contributed by atoms with Crippen LogP contribution in [0.1, 0.15) is 31.0 Å². The molecule has 1 heterocycles. The van der Waals surface area contributed by atoms with Gasteiger partial charge in [-0.3, -0.25) is 4.68 Å². The van der Waals surface area contributed by atoms with E-state index in [1.54, 1.807) is 0 Å². The van der Waals surface area contributed by atoms with Crippen molar-refractivity contribution in [1.82, 2.24) is 9.78 Å². The van der Waals surface area contributed by atoms with Gasteiger partial charge < -0.3 is 5.32 Å². The highest BCUT2D eigenvalue weighted by atomic mass is 35.5. The molecule has 1 aliphatic carbocycles.